The summed E-state index contributed by atoms with van der Waals surface area (Å²) in [7, 11) is 0. The number of thioether (sulfide) groups is 1. The number of rotatable bonds is 4. The van der Waals surface area contributed by atoms with Crippen LogP contribution in [0.4, 0.5) is 4.39 Å². The molecule has 2 rings (SSSR count). The Balaban J connectivity index is 2.09. The van der Waals surface area contributed by atoms with Crippen molar-refractivity contribution in [1.82, 2.24) is 5.32 Å². The predicted molar refractivity (Wildman–Crippen MR) is 80.5 cm³/mol. The fraction of sp³-hybridized carbons (Fsp3) is 0.188. The molecule has 1 N–H and O–H groups in total. The number of carbonyl (C=O) groups is 1. The maximum atomic E-state index is 13.5. The third-order valence-electron chi connectivity index (χ3n) is 3.08. The Kier molecular flexibility index (Phi) is 4.79. The van der Waals surface area contributed by atoms with Gasteiger partial charge in [0.2, 0.25) is 0 Å². The molecule has 2 nitrogen and oxygen atoms in total. The molecule has 0 aromatic heterocycles. The SMILES string of the molecule is CSc1ccc([C@@H](C)NC(=O)c2ccccc2F)cc1. The Morgan fingerprint density at radius 1 is 1.15 bits per heavy atom. The maximum absolute atomic E-state index is 13.5. The Morgan fingerprint density at radius 3 is 2.40 bits per heavy atom. The molecular formula is C16H16FNOS. The first-order chi connectivity index (χ1) is 9.61. The molecule has 0 aliphatic heterocycles. The van der Waals surface area contributed by atoms with Crippen molar-refractivity contribution in [3.8, 4) is 0 Å². The fourth-order valence-electron chi connectivity index (χ4n) is 1.90. The largest absolute Gasteiger partial charge is 0.345 e. The Hall–Kier alpha value is -1.81. The number of nitrogens with one attached hydrogen (secondary N) is 1. The van der Waals surface area contributed by atoms with E-state index in [1.807, 2.05) is 37.4 Å². The summed E-state index contributed by atoms with van der Waals surface area (Å²) in [5.41, 5.74) is 1.06. The van der Waals surface area contributed by atoms with Crippen molar-refractivity contribution in [1.29, 1.82) is 0 Å². The summed E-state index contributed by atoms with van der Waals surface area (Å²) >= 11 is 1.67. The van der Waals surface area contributed by atoms with Crippen LogP contribution < -0.4 is 5.32 Å². The van der Waals surface area contributed by atoms with Gasteiger partial charge in [-0.3, -0.25) is 4.79 Å². The van der Waals surface area contributed by atoms with Crippen LogP contribution >= 0.6 is 11.8 Å². The average molecular weight is 289 g/mol. The zero-order valence-corrected chi connectivity index (χ0v) is 12.2. The first kappa shape index (κ1) is 14.6. The third-order valence-corrected chi connectivity index (χ3v) is 3.83. The van der Waals surface area contributed by atoms with Crippen molar-refractivity contribution in [2.75, 3.05) is 6.26 Å². The van der Waals surface area contributed by atoms with Crippen LogP contribution in [0.1, 0.15) is 28.9 Å². The second-order valence-electron chi connectivity index (χ2n) is 4.45. The highest BCUT2D eigenvalue weighted by molar-refractivity contribution is 7.98. The van der Waals surface area contributed by atoms with Gasteiger partial charge < -0.3 is 5.32 Å². The molecule has 0 saturated carbocycles. The Labute approximate surface area is 122 Å². The highest BCUT2D eigenvalue weighted by Gasteiger charge is 2.14. The van der Waals surface area contributed by atoms with E-state index in [0.717, 1.165) is 5.56 Å². The zero-order chi connectivity index (χ0) is 14.5. The highest BCUT2D eigenvalue weighted by Crippen LogP contribution is 2.19. The molecule has 0 fully saturated rings. The predicted octanol–water partition coefficient (Wildman–Crippen LogP) is 4.04. The first-order valence-corrected chi connectivity index (χ1v) is 7.53. The molecule has 104 valence electrons. The molecule has 0 radical (unpaired) electrons. The van der Waals surface area contributed by atoms with Crippen LogP contribution in [0.2, 0.25) is 0 Å². The molecule has 2 aromatic carbocycles. The minimum Gasteiger partial charge on any atom is -0.345 e. The lowest BCUT2D eigenvalue weighted by molar-refractivity contribution is 0.0936. The quantitative estimate of drug-likeness (QED) is 0.861. The summed E-state index contributed by atoms with van der Waals surface area (Å²) in [5.74, 6) is -0.903. The lowest BCUT2D eigenvalue weighted by Gasteiger charge is -2.15. The molecule has 0 spiro atoms. The van der Waals surface area contributed by atoms with Gasteiger partial charge >= 0.3 is 0 Å². The van der Waals surface area contributed by atoms with Crippen molar-refractivity contribution in [2.24, 2.45) is 0 Å². The number of hydrogen-bond acceptors (Lipinski definition) is 2. The van der Waals surface area contributed by atoms with Crippen molar-refractivity contribution < 1.29 is 9.18 Å². The van der Waals surface area contributed by atoms with Crippen molar-refractivity contribution in [2.45, 2.75) is 17.9 Å². The maximum Gasteiger partial charge on any atom is 0.254 e. The molecule has 4 heteroatoms. The Morgan fingerprint density at radius 2 is 1.80 bits per heavy atom. The topological polar surface area (TPSA) is 29.1 Å². The average Bonchev–Trinajstić information content (AvgIpc) is 2.47. The van der Waals surface area contributed by atoms with Crippen LogP contribution in [-0.2, 0) is 0 Å². The summed E-state index contributed by atoms with van der Waals surface area (Å²) in [6, 6.07) is 13.8. The van der Waals surface area contributed by atoms with Gasteiger partial charge in [-0.05, 0) is 43.0 Å². The van der Waals surface area contributed by atoms with Crippen molar-refractivity contribution in [3.63, 3.8) is 0 Å². The summed E-state index contributed by atoms with van der Waals surface area (Å²) in [4.78, 5) is 13.2. The minimum absolute atomic E-state index is 0.0695. The number of amides is 1. The normalized spacial score (nSPS) is 11.9. The molecule has 0 saturated heterocycles. The summed E-state index contributed by atoms with van der Waals surface area (Å²) in [6.45, 7) is 1.88. The molecule has 0 unspecified atom stereocenters. The number of halogens is 1. The van der Waals surface area contributed by atoms with E-state index in [1.165, 1.54) is 17.0 Å². The van der Waals surface area contributed by atoms with Crippen LogP contribution in [0.5, 0.6) is 0 Å². The van der Waals surface area contributed by atoms with E-state index in [2.05, 4.69) is 5.32 Å². The molecule has 2 aromatic rings. The molecule has 0 bridgehead atoms. The lowest BCUT2D eigenvalue weighted by Crippen LogP contribution is -2.27. The standard InChI is InChI=1S/C16H16FNOS/c1-11(12-7-9-13(20-2)10-8-12)18-16(19)14-5-3-4-6-15(14)17/h3-11H,1-2H3,(H,18,19)/t11-/m1/s1. The van der Waals surface area contributed by atoms with E-state index >= 15 is 0 Å². The van der Waals surface area contributed by atoms with Crippen LogP contribution in [0.25, 0.3) is 0 Å². The van der Waals surface area contributed by atoms with Gasteiger partial charge in [-0.25, -0.2) is 4.39 Å². The van der Waals surface area contributed by atoms with Gasteiger partial charge in [0.15, 0.2) is 0 Å². The highest BCUT2D eigenvalue weighted by atomic mass is 32.2. The fourth-order valence-corrected chi connectivity index (χ4v) is 2.30. The Bertz CT molecular complexity index is 598. The molecule has 0 aliphatic carbocycles. The molecule has 20 heavy (non-hydrogen) atoms. The molecule has 1 amide bonds. The minimum atomic E-state index is -0.505. The van der Waals surface area contributed by atoms with Crippen molar-refractivity contribution in [3.05, 3.63) is 65.5 Å². The summed E-state index contributed by atoms with van der Waals surface area (Å²) in [6.07, 6.45) is 2.01. The van der Waals surface area contributed by atoms with E-state index in [4.69, 9.17) is 0 Å². The van der Waals surface area contributed by atoms with E-state index in [0.29, 0.717) is 0 Å². The van der Waals surface area contributed by atoms with Gasteiger partial charge in [0.05, 0.1) is 11.6 Å². The van der Waals surface area contributed by atoms with E-state index in [1.54, 1.807) is 23.9 Å². The summed E-state index contributed by atoms with van der Waals surface area (Å²) in [5, 5.41) is 2.81. The number of benzene rings is 2. The molecule has 0 aliphatic rings. The molecule has 1 atom stereocenters. The lowest BCUT2D eigenvalue weighted by atomic mass is 10.1. The third kappa shape index (κ3) is 3.39. The van der Waals surface area contributed by atoms with E-state index in [-0.39, 0.29) is 11.6 Å². The van der Waals surface area contributed by atoms with Crippen LogP contribution in [0.15, 0.2) is 53.4 Å². The number of hydrogen-bond donors (Lipinski definition) is 1. The molecule has 0 heterocycles. The molecular weight excluding hydrogens is 273 g/mol. The van der Waals surface area contributed by atoms with Crippen LogP contribution in [-0.4, -0.2) is 12.2 Å². The van der Waals surface area contributed by atoms with Crippen LogP contribution in [0.3, 0.4) is 0 Å². The van der Waals surface area contributed by atoms with Gasteiger partial charge in [-0.2, -0.15) is 0 Å². The zero-order valence-electron chi connectivity index (χ0n) is 11.4. The van der Waals surface area contributed by atoms with E-state index in [9.17, 15) is 9.18 Å². The van der Waals surface area contributed by atoms with Gasteiger partial charge in [-0.15, -0.1) is 11.8 Å². The van der Waals surface area contributed by atoms with Gasteiger partial charge in [0.1, 0.15) is 5.82 Å². The second-order valence-corrected chi connectivity index (χ2v) is 5.33. The number of carbonyl (C=O) groups excluding carboxylic acids is 1. The van der Waals surface area contributed by atoms with Crippen LogP contribution in [0, 0.1) is 5.82 Å². The van der Waals surface area contributed by atoms with Gasteiger partial charge in [0.25, 0.3) is 5.91 Å². The monoisotopic (exact) mass is 289 g/mol. The second kappa shape index (κ2) is 6.57. The smallest absolute Gasteiger partial charge is 0.254 e. The van der Waals surface area contributed by atoms with Crippen molar-refractivity contribution >= 4 is 17.7 Å². The first-order valence-electron chi connectivity index (χ1n) is 6.31. The summed E-state index contributed by atoms with van der Waals surface area (Å²) < 4.78 is 13.5. The van der Waals surface area contributed by atoms with E-state index < -0.39 is 11.7 Å². The van der Waals surface area contributed by atoms with Gasteiger partial charge in [-0.1, -0.05) is 24.3 Å². The van der Waals surface area contributed by atoms with Gasteiger partial charge in [0, 0.05) is 4.90 Å².